The Kier molecular flexibility index (Phi) is 9.40. The lowest BCUT2D eigenvalue weighted by Gasteiger charge is -2.35. The first-order chi connectivity index (χ1) is 12.5. The number of nitrogens with zero attached hydrogens (tertiary/aromatic N) is 2. The molecule has 0 bridgehead atoms. The highest BCUT2D eigenvalue weighted by atomic mass is 32.2. The summed E-state index contributed by atoms with van der Waals surface area (Å²) in [5.41, 5.74) is 0. The molecule has 0 aromatic carbocycles. The van der Waals surface area contributed by atoms with E-state index in [0.717, 1.165) is 44.1 Å². The van der Waals surface area contributed by atoms with Crippen molar-refractivity contribution in [3.05, 3.63) is 0 Å². The minimum Gasteiger partial charge on any atom is -0.357 e. The van der Waals surface area contributed by atoms with Crippen LogP contribution in [0, 0.1) is 5.92 Å². The monoisotopic (exact) mass is 384 g/mol. The number of hydrogen-bond acceptors (Lipinski definition) is 3. The minimum atomic E-state index is -0.675. The first kappa shape index (κ1) is 21.7. The molecule has 2 rings (SSSR count). The average molecular weight is 385 g/mol. The molecule has 0 aromatic heterocycles. The van der Waals surface area contributed by atoms with Crippen LogP contribution in [0.5, 0.6) is 0 Å². The molecule has 4 atom stereocenters. The summed E-state index contributed by atoms with van der Waals surface area (Å²) in [6.07, 6.45) is 7.02. The van der Waals surface area contributed by atoms with Crippen LogP contribution in [0.3, 0.4) is 0 Å². The molecule has 2 aliphatic rings. The van der Waals surface area contributed by atoms with E-state index < -0.39 is 10.8 Å². The quantitative estimate of drug-likeness (QED) is 0.523. The molecule has 2 fully saturated rings. The summed E-state index contributed by atoms with van der Waals surface area (Å²) in [7, 11) is -0.675. The van der Waals surface area contributed by atoms with Crippen LogP contribution in [0.15, 0.2) is 4.99 Å². The van der Waals surface area contributed by atoms with E-state index in [0.29, 0.717) is 23.3 Å². The van der Waals surface area contributed by atoms with Gasteiger partial charge in [-0.25, -0.2) is 0 Å². The van der Waals surface area contributed by atoms with E-state index in [-0.39, 0.29) is 0 Å². The predicted molar refractivity (Wildman–Crippen MR) is 113 cm³/mol. The topological polar surface area (TPSA) is 56.7 Å². The number of nitrogens with one attached hydrogen (secondary N) is 2. The molecule has 4 unspecified atom stereocenters. The molecule has 1 aliphatic heterocycles. The molecule has 26 heavy (non-hydrogen) atoms. The maximum absolute atomic E-state index is 12.2. The highest BCUT2D eigenvalue weighted by molar-refractivity contribution is 7.85. The molecule has 6 heteroatoms. The fourth-order valence-corrected chi connectivity index (χ4v) is 5.55. The lowest BCUT2D eigenvalue weighted by molar-refractivity contribution is 0.143. The number of aliphatic imine (C=N–C) groups is 1. The van der Waals surface area contributed by atoms with Gasteiger partial charge in [0.25, 0.3) is 0 Å². The van der Waals surface area contributed by atoms with Crippen molar-refractivity contribution in [3.8, 4) is 0 Å². The molecule has 1 heterocycles. The Morgan fingerprint density at radius 3 is 2.73 bits per heavy atom. The van der Waals surface area contributed by atoms with Crippen LogP contribution >= 0.6 is 0 Å². The van der Waals surface area contributed by atoms with E-state index in [2.05, 4.69) is 36.3 Å². The zero-order valence-electron chi connectivity index (χ0n) is 17.3. The summed E-state index contributed by atoms with van der Waals surface area (Å²) < 4.78 is 12.2. The fourth-order valence-electron chi connectivity index (χ4n) is 4.20. The Balaban J connectivity index is 1.88. The maximum atomic E-state index is 12.2. The number of guanidine groups is 1. The van der Waals surface area contributed by atoms with Gasteiger partial charge in [0.2, 0.25) is 0 Å². The Labute approximate surface area is 163 Å². The number of likely N-dealkylation sites (tertiary alicyclic amines) is 1. The maximum Gasteiger partial charge on any atom is 0.191 e. The van der Waals surface area contributed by atoms with Crippen LogP contribution in [0.4, 0.5) is 0 Å². The van der Waals surface area contributed by atoms with E-state index >= 15 is 0 Å². The van der Waals surface area contributed by atoms with Crippen molar-refractivity contribution in [2.75, 3.05) is 31.9 Å². The van der Waals surface area contributed by atoms with Gasteiger partial charge in [0, 0.05) is 53.5 Å². The summed E-state index contributed by atoms with van der Waals surface area (Å²) in [4.78, 5) is 7.49. The SMILES string of the molecule is CCNC(=NCC1CCCN(C(C)C)C1)NC1CCCC(S(=O)CC)C1. The van der Waals surface area contributed by atoms with Gasteiger partial charge in [-0.05, 0) is 65.3 Å². The Morgan fingerprint density at radius 1 is 1.23 bits per heavy atom. The molecule has 0 spiro atoms. The van der Waals surface area contributed by atoms with Gasteiger partial charge in [-0.3, -0.25) is 9.20 Å². The lowest BCUT2D eigenvalue weighted by atomic mass is 9.95. The number of rotatable bonds is 7. The second-order valence-corrected chi connectivity index (χ2v) is 10.1. The molecule has 0 aromatic rings. The molecule has 1 saturated carbocycles. The van der Waals surface area contributed by atoms with Gasteiger partial charge in [0.1, 0.15) is 0 Å². The van der Waals surface area contributed by atoms with Crippen LogP contribution in [-0.4, -0.2) is 64.3 Å². The zero-order valence-corrected chi connectivity index (χ0v) is 18.1. The highest BCUT2D eigenvalue weighted by Gasteiger charge is 2.26. The van der Waals surface area contributed by atoms with Gasteiger partial charge in [-0.15, -0.1) is 0 Å². The van der Waals surface area contributed by atoms with E-state index in [1.54, 1.807) is 0 Å². The Morgan fingerprint density at radius 2 is 2.04 bits per heavy atom. The summed E-state index contributed by atoms with van der Waals surface area (Å²) in [6.45, 7) is 12.9. The molecule has 5 nitrogen and oxygen atoms in total. The Hall–Kier alpha value is -0.620. The molecule has 1 aliphatic carbocycles. The number of piperidine rings is 1. The van der Waals surface area contributed by atoms with Crippen molar-refractivity contribution in [3.63, 3.8) is 0 Å². The van der Waals surface area contributed by atoms with Crippen molar-refractivity contribution in [1.82, 2.24) is 15.5 Å². The second kappa shape index (κ2) is 11.3. The zero-order chi connectivity index (χ0) is 18.9. The highest BCUT2D eigenvalue weighted by Crippen LogP contribution is 2.23. The third-order valence-corrected chi connectivity index (χ3v) is 7.50. The molecule has 0 amide bonds. The third kappa shape index (κ3) is 6.84. The molecule has 152 valence electrons. The van der Waals surface area contributed by atoms with Gasteiger partial charge in [-0.1, -0.05) is 13.3 Å². The van der Waals surface area contributed by atoms with Gasteiger partial charge in [0.15, 0.2) is 5.96 Å². The van der Waals surface area contributed by atoms with Crippen molar-refractivity contribution in [2.45, 2.75) is 83.6 Å². The molecule has 2 N–H and O–H groups in total. The van der Waals surface area contributed by atoms with Crippen LogP contribution in [0.2, 0.25) is 0 Å². The largest absolute Gasteiger partial charge is 0.357 e. The summed E-state index contributed by atoms with van der Waals surface area (Å²) in [6, 6.07) is 1.03. The predicted octanol–water partition coefficient (Wildman–Crippen LogP) is 2.74. The smallest absolute Gasteiger partial charge is 0.191 e. The molecular weight excluding hydrogens is 344 g/mol. The van der Waals surface area contributed by atoms with Crippen LogP contribution in [-0.2, 0) is 10.8 Å². The normalized spacial score (nSPS) is 29.6. The molecule has 1 saturated heterocycles. The standard InChI is InChI=1S/C20H40N4OS/c1-5-21-20(22-14-17-9-8-12-24(15-17)16(3)4)23-18-10-7-11-19(13-18)26(25)6-2/h16-19H,5-15H2,1-4H3,(H2,21,22,23). The van der Waals surface area contributed by atoms with Crippen molar-refractivity contribution < 1.29 is 4.21 Å². The average Bonchev–Trinajstić information content (AvgIpc) is 2.66. The lowest BCUT2D eigenvalue weighted by Crippen LogP contribution is -2.47. The third-order valence-electron chi connectivity index (χ3n) is 5.76. The Bertz CT molecular complexity index is 469. The minimum absolute atomic E-state index is 0.354. The van der Waals surface area contributed by atoms with Crippen LogP contribution in [0.1, 0.15) is 66.2 Å². The van der Waals surface area contributed by atoms with Crippen molar-refractivity contribution >= 4 is 16.8 Å². The summed E-state index contributed by atoms with van der Waals surface area (Å²) in [5.74, 6) is 2.38. The van der Waals surface area contributed by atoms with Crippen LogP contribution < -0.4 is 10.6 Å². The van der Waals surface area contributed by atoms with E-state index in [1.807, 2.05) is 6.92 Å². The van der Waals surface area contributed by atoms with Gasteiger partial charge >= 0.3 is 0 Å². The van der Waals surface area contributed by atoms with Gasteiger partial charge in [0.05, 0.1) is 0 Å². The van der Waals surface area contributed by atoms with Gasteiger partial charge < -0.3 is 15.5 Å². The molecule has 0 radical (unpaired) electrons. The van der Waals surface area contributed by atoms with Crippen molar-refractivity contribution in [2.24, 2.45) is 10.9 Å². The summed E-state index contributed by atoms with van der Waals surface area (Å²) in [5, 5.41) is 7.39. The molecular formula is C20H40N4OS. The van der Waals surface area contributed by atoms with Crippen molar-refractivity contribution in [1.29, 1.82) is 0 Å². The first-order valence-corrected chi connectivity index (χ1v) is 12.1. The van der Waals surface area contributed by atoms with Crippen LogP contribution in [0.25, 0.3) is 0 Å². The fraction of sp³-hybridized carbons (Fsp3) is 0.950. The number of hydrogen-bond donors (Lipinski definition) is 2. The first-order valence-electron chi connectivity index (χ1n) is 10.7. The summed E-state index contributed by atoms with van der Waals surface area (Å²) >= 11 is 0. The van der Waals surface area contributed by atoms with E-state index in [4.69, 9.17) is 4.99 Å². The van der Waals surface area contributed by atoms with E-state index in [1.165, 1.54) is 32.4 Å². The van der Waals surface area contributed by atoms with E-state index in [9.17, 15) is 4.21 Å². The second-order valence-electron chi connectivity index (χ2n) is 8.12. The van der Waals surface area contributed by atoms with Gasteiger partial charge in [-0.2, -0.15) is 0 Å².